The Morgan fingerprint density at radius 2 is 1.96 bits per heavy atom. The number of benzene rings is 1. The molecule has 0 saturated heterocycles. The van der Waals surface area contributed by atoms with Crippen molar-refractivity contribution in [2.45, 2.75) is 25.2 Å². The van der Waals surface area contributed by atoms with Crippen LogP contribution in [0.25, 0.3) is 0 Å². The topological polar surface area (TPSA) is 77.5 Å². The summed E-state index contributed by atoms with van der Waals surface area (Å²) in [4.78, 5) is 5.49. The van der Waals surface area contributed by atoms with Gasteiger partial charge in [0.1, 0.15) is 16.4 Å². The summed E-state index contributed by atoms with van der Waals surface area (Å²) in [5.41, 5.74) is 0.950. The Morgan fingerprint density at radius 3 is 2.52 bits per heavy atom. The standard InChI is InChI=1S/C15H20N2O4S2/c1-10-14(22-11(2)17-10)7-8-16-23(18,19)15-9-12(20-3)5-6-13(15)21-4/h5-6,9,16H,7-8H2,1-4H3. The molecule has 8 heteroatoms. The predicted octanol–water partition coefficient (Wildman–Crippen LogP) is 2.30. The van der Waals surface area contributed by atoms with Crippen LogP contribution in [0.3, 0.4) is 0 Å². The summed E-state index contributed by atoms with van der Waals surface area (Å²) in [5.74, 6) is 0.739. The van der Waals surface area contributed by atoms with E-state index in [4.69, 9.17) is 9.47 Å². The van der Waals surface area contributed by atoms with Crippen molar-refractivity contribution in [1.29, 1.82) is 0 Å². The van der Waals surface area contributed by atoms with Crippen LogP contribution in [0.4, 0.5) is 0 Å². The van der Waals surface area contributed by atoms with E-state index >= 15 is 0 Å². The summed E-state index contributed by atoms with van der Waals surface area (Å²) in [6, 6.07) is 4.68. The second kappa shape index (κ2) is 7.29. The van der Waals surface area contributed by atoms with E-state index in [0.29, 0.717) is 18.7 Å². The van der Waals surface area contributed by atoms with Crippen LogP contribution in [0.5, 0.6) is 11.5 Å². The molecule has 2 rings (SSSR count). The van der Waals surface area contributed by atoms with Gasteiger partial charge in [0.15, 0.2) is 0 Å². The third-order valence-electron chi connectivity index (χ3n) is 3.30. The zero-order valence-electron chi connectivity index (χ0n) is 13.5. The molecule has 6 nitrogen and oxygen atoms in total. The average Bonchev–Trinajstić information content (AvgIpc) is 2.84. The van der Waals surface area contributed by atoms with Gasteiger partial charge in [-0.15, -0.1) is 11.3 Å². The molecule has 1 aromatic heterocycles. The van der Waals surface area contributed by atoms with Gasteiger partial charge >= 0.3 is 0 Å². The number of ether oxygens (including phenoxy) is 2. The molecule has 0 fully saturated rings. The molecule has 0 amide bonds. The van der Waals surface area contributed by atoms with Crippen LogP contribution in [0.1, 0.15) is 15.6 Å². The fourth-order valence-corrected chi connectivity index (χ4v) is 4.33. The van der Waals surface area contributed by atoms with Crippen LogP contribution in [0.15, 0.2) is 23.1 Å². The van der Waals surface area contributed by atoms with Crippen LogP contribution >= 0.6 is 11.3 Å². The molecule has 0 aliphatic carbocycles. The van der Waals surface area contributed by atoms with Gasteiger partial charge in [0, 0.05) is 17.5 Å². The van der Waals surface area contributed by atoms with E-state index in [1.807, 2.05) is 13.8 Å². The predicted molar refractivity (Wildman–Crippen MR) is 90.0 cm³/mol. The zero-order chi connectivity index (χ0) is 17.0. The summed E-state index contributed by atoms with van der Waals surface area (Å²) < 4.78 is 37.8. The first-order valence-electron chi connectivity index (χ1n) is 7.02. The molecule has 0 unspecified atom stereocenters. The molecule has 0 saturated carbocycles. The molecule has 126 valence electrons. The molecule has 0 aliphatic heterocycles. The fourth-order valence-electron chi connectivity index (χ4n) is 2.18. The number of thiazole rings is 1. The highest BCUT2D eigenvalue weighted by Gasteiger charge is 2.20. The smallest absolute Gasteiger partial charge is 0.244 e. The molecule has 1 aromatic carbocycles. The summed E-state index contributed by atoms with van der Waals surface area (Å²) in [5, 5.41) is 0.981. The highest BCUT2D eigenvalue weighted by Crippen LogP contribution is 2.28. The van der Waals surface area contributed by atoms with E-state index in [1.165, 1.54) is 20.3 Å². The Kier molecular flexibility index (Phi) is 5.61. The van der Waals surface area contributed by atoms with Crippen LogP contribution in [-0.2, 0) is 16.4 Å². The van der Waals surface area contributed by atoms with Gasteiger partial charge in [-0.1, -0.05) is 0 Å². The van der Waals surface area contributed by atoms with E-state index in [9.17, 15) is 8.42 Å². The van der Waals surface area contributed by atoms with Crippen LogP contribution in [0.2, 0.25) is 0 Å². The summed E-state index contributed by atoms with van der Waals surface area (Å²) in [7, 11) is -0.761. The van der Waals surface area contributed by atoms with E-state index in [0.717, 1.165) is 15.6 Å². The molecule has 0 radical (unpaired) electrons. The van der Waals surface area contributed by atoms with Crippen molar-refractivity contribution in [2.75, 3.05) is 20.8 Å². The average molecular weight is 356 g/mol. The largest absolute Gasteiger partial charge is 0.497 e. The highest BCUT2D eigenvalue weighted by atomic mass is 32.2. The van der Waals surface area contributed by atoms with Crippen molar-refractivity contribution < 1.29 is 17.9 Å². The van der Waals surface area contributed by atoms with Crippen molar-refractivity contribution in [2.24, 2.45) is 0 Å². The molecule has 0 atom stereocenters. The Labute approximate surface area is 140 Å². The van der Waals surface area contributed by atoms with Crippen molar-refractivity contribution in [3.8, 4) is 11.5 Å². The van der Waals surface area contributed by atoms with Gasteiger partial charge in [0.25, 0.3) is 0 Å². The van der Waals surface area contributed by atoms with Crippen LogP contribution < -0.4 is 14.2 Å². The second-order valence-corrected chi connectivity index (χ2v) is 7.93. The van der Waals surface area contributed by atoms with E-state index in [2.05, 4.69) is 9.71 Å². The fraction of sp³-hybridized carbons (Fsp3) is 0.400. The van der Waals surface area contributed by atoms with Gasteiger partial charge in [-0.05, 0) is 32.4 Å². The van der Waals surface area contributed by atoms with Gasteiger partial charge in [-0.25, -0.2) is 18.1 Å². The minimum Gasteiger partial charge on any atom is -0.497 e. The van der Waals surface area contributed by atoms with Gasteiger partial charge in [0.2, 0.25) is 10.0 Å². The zero-order valence-corrected chi connectivity index (χ0v) is 15.2. The van der Waals surface area contributed by atoms with Crippen molar-refractivity contribution in [1.82, 2.24) is 9.71 Å². The third kappa shape index (κ3) is 4.21. The monoisotopic (exact) mass is 356 g/mol. The lowest BCUT2D eigenvalue weighted by molar-refractivity contribution is 0.392. The number of methoxy groups -OCH3 is 2. The highest BCUT2D eigenvalue weighted by molar-refractivity contribution is 7.89. The van der Waals surface area contributed by atoms with Gasteiger partial charge < -0.3 is 9.47 Å². The summed E-state index contributed by atoms with van der Waals surface area (Å²) in [6.07, 6.45) is 0.600. The number of hydrogen-bond donors (Lipinski definition) is 1. The number of aromatic nitrogens is 1. The first-order valence-corrected chi connectivity index (χ1v) is 9.32. The van der Waals surface area contributed by atoms with Crippen LogP contribution in [-0.4, -0.2) is 34.2 Å². The van der Waals surface area contributed by atoms with E-state index in [-0.39, 0.29) is 10.6 Å². The molecule has 0 aliphatic rings. The number of nitrogens with one attached hydrogen (secondary N) is 1. The van der Waals surface area contributed by atoms with Crippen molar-refractivity contribution in [3.63, 3.8) is 0 Å². The maximum absolute atomic E-state index is 12.5. The minimum atomic E-state index is -3.68. The lowest BCUT2D eigenvalue weighted by Crippen LogP contribution is -2.26. The Hall–Kier alpha value is -1.64. The lowest BCUT2D eigenvalue weighted by Gasteiger charge is -2.12. The molecule has 0 bridgehead atoms. The lowest BCUT2D eigenvalue weighted by atomic mass is 10.3. The Balaban J connectivity index is 2.14. The first-order chi connectivity index (χ1) is 10.9. The molecule has 0 spiro atoms. The van der Waals surface area contributed by atoms with Crippen molar-refractivity contribution >= 4 is 21.4 Å². The summed E-state index contributed by atoms with van der Waals surface area (Å²) in [6.45, 7) is 4.16. The maximum Gasteiger partial charge on any atom is 0.244 e. The summed E-state index contributed by atoms with van der Waals surface area (Å²) >= 11 is 1.58. The number of rotatable bonds is 7. The SMILES string of the molecule is COc1ccc(OC)c(S(=O)(=O)NCCc2sc(C)nc2C)c1. The molecule has 1 heterocycles. The molecule has 23 heavy (non-hydrogen) atoms. The van der Waals surface area contributed by atoms with E-state index in [1.54, 1.807) is 23.5 Å². The number of aryl methyl sites for hydroxylation is 2. The first kappa shape index (κ1) is 17.7. The Morgan fingerprint density at radius 1 is 1.22 bits per heavy atom. The van der Waals surface area contributed by atoms with Crippen molar-refractivity contribution in [3.05, 3.63) is 33.8 Å². The molecular formula is C15H20N2O4S2. The van der Waals surface area contributed by atoms with Gasteiger partial charge in [0.05, 0.1) is 24.9 Å². The normalized spacial score (nSPS) is 11.5. The second-order valence-electron chi connectivity index (χ2n) is 4.91. The number of nitrogens with zero attached hydrogens (tertiary/aromatic N) is 1. The third-order valence-corrected chi connectivity index (χ3v) is 5.92. The van der Waals surface area contributed by atoms with Gasteiger partial charge in [-0.3, -0.25) is 0 Å². The number of hydrogen-bond acceptors (Lipinski definition) is 6. The Bertz CT molecular complexity index is 785. The van der Waals surface area contributed by atoms with Gasteiger partial charge in [-0.2, -0.15) is 0 Å². The molecule has 2 aromatic rings. The quantitative estimate of drug-likeness (QED) is 0.824. The van der Waals surface area contributed by atoms with E-state index < -0.39 is 10.0 Å². The molecule has 1 N–H and O–H groups in total. The molecular weight excluding hydrogens is 336 g/mol. The minimum absolute atomic E-state index is 0.0663. The van der Waals surface area contributed by atoms with Crippen LogP contribution in [0, 0.1) is 13.8 Å². The maximum atomic E-state index is 12.5. The number of sulfonamides is 1.